The van der Waals surface area contributed by atoms with E-state index in [1.807, 2.05) is 17.4 Å². The number of ether oxygens (including phenoxy) is 1. The molecule has 24 heavy (non-hydrogen) atoms. The van der Waals surface area contributed by atoms with Crippen LogP contribution < -0.4 is 15.4 Å². The number of nitrogens with zero attached hydrogens (tertiary/aromatic N) is 1. The summed E-state index contributed by atoms with van der Waals surface area (Å²) in [5.74, 6) is 1.69. The number of rotatable bonds is 6. The van der Waals surface area contributed by atoms with Gasteiger partial charge in [-0.3, -0.25) is 4.99 Å². The molecule has 0 unspecified atom stereocenters. The van der Waals surface area contributed by atoms with Gasteiger partial charge in [-0.05, 0) is 37.1 Å². The van der Waals surface area contributed by atoms with Gasteiger partial charge in [-0.2, -0.15) is 0 Å². The van der Waals surface area contributed by atoms with Gasteiger partial charge < -0.3 is 15.4 Å². The van der Waals surface area contributed by atoms with E-state index in [4.69, 9.17) is 4.74 Å². The van der Waals surface area contributed by atoms with E-state index in [9.17, 15) is 0 Å². The van der Waals surface area contributed by atoms with E-state index in [-0.39, 0.29) is 24.0 Å². The lowest BCUT2D eigenvalue weighted by Gasteiger charge is -2.14. The minimum absolute atomic E-state index is 0. The Hall–Kier alpha value is -1.28. The molecule has 6 heteroatoms. The molecule has 2 aromatic rings. The number of halogens is 1. The molecule has 1 aromatic carbocycles. The van der Waals surface area contributed by atoms with Crippen LogP contribution >= 0.6 is 35.3 Å². The predicted molar refractivity (Wildman–Crippen MR) is 114 cm³/mol. The molecule has 0 atom stereocenters. The van der Waals surface area contributed by atoms with Crippen LogP contribution in [0.15, 0.2) is 35.3 Å². The van der Waals surface area contributed by atoms with Crippen molar-refractivity contribution in [2.24, 2.45) is 4.99 Å². The molecular weight excluding hydrogens is 433 g/mol. The average molecular weight is 459 g/mol. The van der Waals surface area contributed by atoms with Crippen LogP contribution in [0.5, 0.6) is 5.75 Å². The smallest absolute Gasteiger partial charge is 0.191 e. The topological polar surface area (TPSA) is 45.7 Å². The van der Waals surface area contributed by atoms with E-state index in [0.29, 0.717) is 6.54 Å². The second-order valence-electron chi connectivity index (χ2n) is 5.32. The van der Waals surface area contributed by atoms with E-state index in [0.717, 1.165) is 30.2 Å². The van der Waals surface area contributed by atoms with Crippen LogP contribution in [0.3, 0.4) is 0 Å². The van der Waals surface area contributed by atoms with Crippen LogP contribution in [0.4, 0.5) is 0 Å². The number of thiophene rings is 1. The summed E-state index contributed by atoms with van der Waals surface area (Å²) in [6.07, 6.45) is 1.09. The van der Waals surface area contributed by atoms with Gasteiger partial charge in [-0.15, -0.1) is 35.3 Å². The lowest BCUT2D eigenvalue weighted by Crippen LogP contribution is -2.36. The minimum Gasteiger partial charge on any atom is -0.496 e. The van der Waals surface area contributed by atoms with E-state index < -0.39 is 0 Å². The highest BCUT2D eigenvalue weighted by Crippen LogP contribution is 2.19. The zero-order valence-corrected chi connectivity index (χ0v) is 17.8. The quantitative estimate of drug-likeness (QED) is 0.388. The van der Waals surface area contributed by atoms with Crippen molar-refractivity contribution in [1.29, 1.82) is 0 Å². The first-order valence-electron chi connectivity index (χ1n) is 7.82. The van der Waals surface area contributed by atoms with Crippen molar-refractivity contribution in [3.63, 3.8) is 0 Å². The molecule has 0 saturated carbocycles. The molecule has 132 valence electrons. The molecule has 0 aliphatic rings. The standard InChI is InChI=1S/C18H25N3OS.HI/c1-5-15-8-9-16(23-15)12-21-18(19-3)20-11-14-7-6-13(2)10-17(14)22-4;/h6-10H,5,11-12H2,1-4H3,(H2,19,20,21);1H. The highest BCUT2D eigenvalue weighted by atomic mass is 127. The van der Waals surface area contributed by atoms with Crippen LogP contribution in [0, 0.1) is 6.92 Å². The Kier molecular flexibility index (Phi) is 9.13. The second kappa shape index (κ2) is 10.6. The summed E-state index contributed by atoms with van der Waals surface area (Å²) >= 11 is 1.84. The molecule has 0 radical (unpaired) electrons. The fraction of sp³-hybridized carbons (Fsp3) is 0.389. The molecule has 0 bridgehead atoms. The van der Waals surface area contributed by atoms with Crippen molar-refractivity contribution >= 4 is 41.3 Å². The molecule has 0 aliphatic carbocycles. The summed E-state index contributed by atoms with van der Waals surface area (Å²) in [5, 5.41) is 6.69. The zero-order valence-electron chi connectivity index (χ0n) is 14.7. The van der Waals surface area contributed by atoms with Gasteiger partial charge in [0.25, 0.3) is 0 Å². The Morgan fingerprint density at radius 1 is 1.12 bits per heavy atom. The number of benzene rings is 1. The molecule has 0 saturated heterocycles. The zero-order chi connectivity index (χ0) is 16.7. The second-order valence-corrected chi connectivity index (χ2v) is 6.57. The average Bonchev–Trinajstić information content (AvgIpc) is 3.04. The number of aryl methyl sites for hydroxylation is 2. The summed E-state index contributed by atoms with van der Waals surface area (Å²) in [7, 11) is 3.49. The third-order valence-corrected chi connectivity index (χ3v) is 4.84. The maximum absolute atomic E-state index is 5.44. The van der Waals surface area contributed by atoms with Gasteiger partial charge >= 0.3 is 0 Å². The molecular formula is C18H26IN3OS. The summed E-state index contributed by atoms with van der Waals surface area (Å²) in [6, 6.07) is 10.6. The van der Waals surface area contributed by atoms with E-state index in [1.165, 1.54) is 15.3 Å². The number of hydrogen-bond acceptors (Lipinski definition) is 3. The first kappa shape index (κ1) is 20.8. The number of methoxy groups -OCH3 is 1. The first-order chi connectivity index (χ1) is 11.2. The molecule has 2 rings (SSSR count). The third kappa shape index (κ3) is 5.98. The van der Waals surface area contributed by atoms with E-state index in [1.54, 1.807) is 14.2 Å². The van der Waals surface area contributed by atoms with Crippen molar-refractivity contribution in [2.45, 2.75) is 33.4 Å². The molecule has 0 amide bonds. The number of aliphatic imine (C=N–C) groups is 1. The van der Waals surface area contributed by atoms with Gasteiger partial charge in [-0.1, -0.05) is 19.1 Å². The Morgan fingerprint density at radius 3 is 2.46 bits per heavy atom. The SMILES string of the molecule is CCc1ccc(CNC(=NC)NCc2ccc(C)cc2OC)s1.I. The largest absolute Gasteiger partial charge is 0.496 e. The van der Waals surface area contributed by atoms with Gasteiger partial charge in [0, 0.05) is 28.9 Å². The monoisotopic (exact) mass is 459 g/mol. The Balaban J connectivity index is 0.00000288. The van der Waals surface area contributed by atoms with Gasteiger partial charge in [-0.25, -0.2) is 0 Å². The van der Waals surface area contributed by atoms with Gasteiger partial charge in [0.05, 0.1) is 13.7 Å². The molecule has 4 nitrogen and oxygen atoms in total. The van der Waals surface area contributed by atoms with E-state index >= 15 is 0 Å². The van der Waals surface area contributed by atoms with Crippen LogP contribution in [0.1, 0.15) is 27.8 Å². The highest BCUT2D eigenvalue weighted by Gasteiger charge is 2.05. The lowest BCUT2D eigenvalue weighted by molar-refractivity contribution is 0.408. The number of nitrogens with one attached hydrogen (secondary N) is 2. The van der Waals surface area contributed by atoms with Crippen molar-refractivity contribution in [3.05, 3.63) is 51.2 Å². The molecule has 1 heterocycles. The Labute approximate surface area is 165 Å². The first-order valence-corrected chi connectivity index (χ1v) is 8.63. The lowest BCUT2D eigenvalue weighted by atomic mass is 10.1. The molecule has 1 aromatic heterocycles. The van der Waals surface area contributed by atoms with Crippen LogP contribution in [-0.4, -0.2) is 20.1 Å². The van der Waals surface area contributed by atoms with Gasteiger partial charge in [0.1, 0.15) is 5.75 Å². The fourth-order valence-electron chi connectivity index (χ4n) is 2.28. The summed E-state index contributed by atoms with van der Waals surface area (Å²) in [4.78, 5) is 7.00. The van der Waals surface area contributed by atoms with Crippen molar-refractivity contribution < 1.29 is 4.74 Å². The molecule has 0 spiro atoms. The van der Waals surface area contributed by atoms with Gasteiger partial charge in [0.15, 0.2) is 5.96 Å². The Bertz CT molecular complexity index is 670. The maximum atomic E-state index is 5.44. The highest BCUT2D eigenvalue weighted by molar-refractivity contribution is 14.0. The normalized spacial score (nSPS) is 10.9. The third-order valence-electron chi connectivity index (χ3n) is 3.61. The van der Waals surface area contributed by atoms with Crippen molar-refractivity contribution in [1.82, 2.24) is 10.6 Å². The van der Waals surface area contributed by atoms with Crippen molar-refractivity contribution in [2.75, 3.05) is 14.2 Å². The summed E-state index contributed by atoms with van der Waals surface area (Å²) < 4.78 is 5.44. The number of guanidine groups is 1. The maximum Gasteiger partial charge on any atom is 0.191 e. The predicted octanol–water partition coefficient (Wildman–Crippen LogP) is 4.11. The van der Waals surface area contributed by atoms with Crippen LogP contribution in [-0.2, 0) is 19.5 Å². The molecule has 0 fully saturated rings. The summed E-state index contributed by atoms with van der Waals surface area (Å²) in [5.41, 5.74) is 2.31. The molecule has 0 aliphatic heterocycles. The van der Waals surface area contributed by atoms with Crippen molar-refractivity contribution in [3.8, 4) is 5.75 Å². The minimum atomic E-state index is 0. The Morgan fingerprint density at radius 2 is 1.83 bits per heavy atom. The fourth-order valence-corrected chi connectivity index (χ4v) is 3.17. The van der Waals surface area contributed by atoms with Crippen LogP contribution in [0.2, 0.25) is 0 Å². The van der Waals surface area contributed by atoms with Gasteiger partial charge in [0.2, 0.25) is 0 Å². The van der Waals surface area contributed by atoms with Crippen LogP contribution in [0.25, 0.3) is 0 Å². The summed E-state index contributed by atoms with van der Waals surface area (Å²) in [6.45, 7) is 5.70. The molecule has 2 N–H and O–H groups in total. The van der Waals surface area contributed by atoms with E-state index in [2.05, 4.69) is 53.7 Å². The number of hydrogen-bond donors (Lipinski definition) is 2.